The fraction of sp³-hybridized carbons (Fsp3) is 0.667. The van der Waals surface area contributed by atoms with Crippen molar-refractivity contribution in [1.82, 2.24) is 19.6 Å². The van der Waals surface area contributed by atoms with E-state index in [1.807, 2.05) is 0 Å². The van der Waals surface area contributed by atoms with Gasteiger partial charge in [0.2, 0.25) is 20.0 Å². The van der Waals surface area contributed by atoms with Crippen molar-refractivity contribution in [2.24, 2.45) is 0 Å². The van der Waals surface area contributed by atoms with Crippen molar-refractivity contribution in [3.05, 3.63) is 11.9 Å². The SMILES string of the molecule is Cc1[nH]ncc1S(=O)(=O)NCC(C)(C)NS(C)(=O)=O. The second-order valence-electron chi connectivity index (χ2n) is 4.94. The maximum absolute atomic E-state index is 12.0. The fourth-order valence-electron chi connectivity index (χ4n) is 1.50. The number of nitrogens with one attached hydrogen (secondary N) is 3. The molecule has 0 aromatic carbocycles. The molecule has 3 N–H and O–H groups in total. The number of sulfonamides is 2. The summed E-state index contributed by atoms with van der Waals surface area (Å²) in [4.78, 5) is 0.0441. The van der Waals surface area contributed by atoms with E-state index in [1.54, 1.807) is 20.8 Å². The summed E-state index contributed by atoms with van der Waals surface area (Å²) in [5.74, 6) is 0. The average molecular weight is 310 g/mol. The molecule has 10 heteroatoms. The molecule has 0 radical (unpaired) electrons. The quantitative estimate of drug-likeness (QED) is 0.643. The number of nitrogens with zero attached hydrogens (tertiary/aromatic N) is 1. The first-order valence-electron chi connectivity index (χ1n) is 5.41. The lowest BCUT2D eigenvalue weighted by atomic mass is 10.1. The van der Waals surface area contributed by atoms with Gasteiger partial charge in [0, 0.05) is 12.1 Å². The number of rotatable bonds is 6. The number of aryl methyl sites for hydroxylation is 1. The maximum atomic E-state index is 12.0. The molecule has 0 unspecified atom stereocenters. The topological polar surface area (TPSA) is 121 Å². The van der Waals surface area contributed by atoms with Crippen LogP contribution in [0.4, 0.5) is 0 Å². The highest BCUT2D eigenvalue weighted by Gasteiger charge is 2.26. The van der Waals surface area contributed by atoms with Crippen LogP contribution in [0.3, 0.4) is 0 Å². The summed E-state index contributed by atoms with van der Waals surface area (Å²) < 4.78 is 51.0. The Hall–Kier alpha value is -0.970. The van der Waals surface area contributed by atoms with Gasteiger partial charge in [0.15, 0.2) is 0 Å². The lowest BCUT2D eigenvalue weighted by molar-refractivity contribution is 0.446. The monoisotopic (exact) mass is 310 g/mol. The molecule has 0 aliphatic carbocycles. The zero-order valence-corrected chi connectivity index (χ0v) is 12.8. The molecule has 0 saturated heterocycles. The van der Waals surface area contributed by atoms with Crippen LogP contribution < -0.4 is 9.44 Å². The summed E-state index contributed by atoms with van der Waals surface area (Å²) in [6.45, 7) is 4.67. The molecule has 1 heterocycles. The van der Waals surface area contributed by atoms with Gasteiger partial charge in [-0.15, -0.1) is 0 Å². The van der Waals surface area contributed by atoms with Crippen molar-refractivity contribution in [3.8, 4) is 0 Å². The number of aromatic amines is 1. The number of H-pyrrole nitrogens is 1. The van der Waals surface area contributed by atoms with Crippen LogP contribution in [-0.4, -0.2) is 45.4 Å². The van der Waals surface area contributed by atoms with Crippen LogP contribution in [0.15, 0.2) is 11.1 Å². The van der Waals surface area contributed by atoms with E-state index in [4.69, 9.17) is 0 Å². The maximum Gasteiger partial charge on any atom is 0.244 e. The Morgan fingerprint density at radius 1 is 1.32 bits per heavy atom. The van der Waals surface area contributed by atoms with Gasteiger partial charge in [-0.3, -0.25) is 5.10 Å². The molecule has 0 bridgehead atoms. The highest BCUT2D eigenvalue weighted by Crippen LogP contribution is 2.12. The predicted molar refractivity (Wildman–Crippen MR) is 70.6 cm³/mol. The van der Waals surface area contributed by atoms with Gasteiger partial charge in [-0.2, -0.15) is 5.10 Å². The van der Waals surface area contributed by atoms with E-state index < -0.39 is 25.6 Å². The van der Waals surface area contributed by atoms with Crippen LogP contribution >= 0.6 is 0 Å². The normalized spacial score (nSPS) is 13.7. The minimum Gasteiger partial charge on any atom is -0.281 e. The summed E-state index contributed by atoms with van der Waals surface area (Å²) in [6, 6.07) is 0. The molecule has 8 nitrogen and oxygen atoms in total. The van der Waals surface area contributed by atoms with Gasteiger partial charge < -0.3 is 0 Å². The molecule has 0 atom stereocenters. The van der Waals surface area contributed by atoms with E-state index in [-0.39, 0.29) is 11.4 Å². The molecule has 0 amide bonds. The van der Waals surface area contributed by atoms with E-state index in [0.29, 0.717) is 5.69 Å². The highest BCUT2D eigenvalue weighted by atomic mass is 32.2. The Bertz CT molecular complexity index is 646. The molecule has 1 rings (SSSR count). The first kappa shape index (κ1) is 16.1. The summed E-state index contributed by atoms with van der Waals surface area (Å²) in [6.07, 6.45) is 2.22. The van der Waals surface area contributed by atoms with Gasteiger partial charge in [0.05, 0.1) is 18.1 Å². The Balaban J connectivity index is 2.80. The molecule has 0 fully saturated rings. The second-order valence-corrected chi connectivity index (χ2v) is 8.43. The summed E-state index contributed by atoms with van der Waals surface area (Å²) in [7, 11) is -7.13. The smallest absolute Gasteiger partial charge is 0.244 e. The first-order valence-corrected chi connectivity index (χ1v) is 8.79. The number of aromatic nitrogens is 2. The summed E-state index contributed by atoms with van der Waals surface area (Å²) in [5.41, 5.74) is -0.514. The predicted octanol–water partition coefficient (Wildman–Crippen LogP) is -0.676. The molecule has 110 valence electrons. The van der Waals surface area contributed by atoms with Gasteiger partial charge in [-0.1, -0.05) is 0 Å². The van der Waals surface area contributed by atoms with E-state index >= 15 is 0 Å². The van der Waals surface area contributed by atoms with Gasteiger partial charge in [-0.05, 0) is 20.8 Å². The molecule has 0 saturated carbocycles. The van der Waals surface area contributed by atoms with E-state index in [0.717, 1.165) is 6.26 Å². The summed E-state index contributed by atoms with van der Waals surface area (Å²) >= 11 is 0. The third-order valence-electron chi connectivity index (χ3n) is 2.24. The Labute approximate surface area is 113 Å². The van der Waals surface area contributed by atoms with Crippen LogP contribution in [0, 0.1) is 6.92 Å². The van der Waals surface area contributed by atoms with Crippen molar-refractivity contribution in [2.45, 2.75) is 31.2 Å². The van der Waals surface area contributed by atoms with Crippen LogP contribution in [0.5, 0.6) is 0 Å². The van der Waals surface area contributed by atoms with Crippen molar-refractivity contribution < 1.29 is 16.8 Å². The van der Waals surface area contributed by atoms with Gasteiger partial charge in [0.1, 0.15) is 4.90 Å². The molecule has 0 spiro atoms. The third kappa shape index (κ3) is 4.90. The number of hydrogen-bond donors (Lipinski definition) is 3. The van der Waals surface area contributed by atoms with Crippen LogP contribution in [0.1, 0.15) is 19.5 Å². The minimum absolute atomic E-state index is 0.0441. The zero-order chi connectivity index (χ0) is 14.9. The van der Waals surface area contributed by atoms with E-state index in [9.17, 15) is 16.8 Å². The lowest BCUT2D eigenvalue weighted by Gasteiger charge is -2.25. The Morgan fingerprint density at radius 2 is 1.89 bits per heavy atom. The minimum atomic E-state index is -3.71. The van der Waals surface area contributed by atoms with Gasteiger partial charge >= 0.3 is 0 Å². The van der Waals surface area contributed by atoms with Crippen molar-refractivity contribution in [2.75, 3.05) is 12.8 Å². The molecule has 0 aliphatic rings. The fourth-order valence-corrected chi connectivity index (χ4v) is 3.92. The third-order valence-corrected chi connectivity index (χ3v) is 4.68. The summed E-state index contributed by atoms with van der Waals surface area (Å²) in [5, 5.41) is 6.17. The molecule has 19 heavy (non-hydrogen) atoms. The van der Waals surface area contributed by atoms with Crippen molar-refractivity contribution in [3.63, 3.8) is 0 Å². The van der Waals surface area contributed by atoms with E-state index in [1.165, 1.54) is 6.20 Å². The Kier molecular flexibility index (Phi) is 4.40. The van der Waals surface area contributed by atoms with Crippen LogP contribution in [0.2, 0.25) is 0 Å². The standard InChI is InChI=1S/C9H18N4O4S2/c1-7-8(5-10-12-7)19(16,17)11-6-9(2,3)13-18(4,14)15/h5,11,13H,6H2,1-4H3,(H,10,12). The highest BCUT2D eigenvalue weighted by molar-refractivity contribution is 7.89. The second kappa shape index (κ2) is 5.19. The largest absolute Gasteiger partial charge is 0.281 e. The first-order chi connectivity index (χ1) is 8.43. The zero-order valence-electron chi connectivity index (χ0n) is 11.2. The van der Waals surface area contributed by atoms with Crippen LogP contribution in [0.25, 0.3) is 0 Å². The molecular formula is C9H18N4O4S2. The molecule has 1 aromatic heterocycles. The van der Waals surface area contributed by atoms with Crippen molar-refractivity contribution in [1.29, 1.82) is 0 Å². The lowest BCUT2D eigenvalue weighted by Crippen LogP contribution is -2.50. The molecule has 1 aromatic rings. The van der Waals surface area contributed by atoms with Crippen molar-refractivity contribution >= 4 is 20.0 Å². The van der Waals surface area contributed by atoms with Gasteiger partial charge in [-0.25, -0.2) is 26.3 Å². The molecular weight excluding hydrogens is 292 g/mol. The Morgan fingerprint density at radius 3 is 2.32 bits per heavy atom. The van der Waals surface area contributed by atoms with E-state index in [2.05, 4.69) is 19.6 Å². The van der Waals surface area contributed by atoms with Crippen LogP contribution in [-0.2, 0) is 20.0 Å². The average Bonchev–Trinajstić information content (AvgIpc) is 2.59. The molecule has 0 aliphatic heterocycles. The number of hydrogen-bond acceptors (Lipinski definition) is 5. The van der Waals surface area contributed by atoms with Gasteiger partial charge in [0.25, 0.3) is 0 Å².